The van der Waals surface area contributed by atoms with Crippen LogP contribution < -0.4 is 11.3 Å². The zero-order valence-corrected chi connectivity index (χ0v) is 11.3. The van der Waals surface area contributed by atoms with Gasteiger partial charge >= 0.3 is 0 Å². The maximum Gasteiger partial charge on any atom is 0.255 e. The number of hydrogen-bond acceptors (Lipinski definition) is 5. The zero-order chi connectivity index (χ0) is 13.9. The van der Waals surface area contributed by atoms with Crippen molar-refractivity contribution >= 4 is 15.7 Å². The number of carbonyl (C=O) groups excluding carboxylic acids is 1. The Morgan fingerprint density at radius 1 is 1.21 bits per heavy atom. The van der Waals surface area contributed by atoms with Crippen LogP contribution in [-0.4, -0.2) is 43.8 Å². The van der Waals surface area contributed by atoms with Gasteiger partial charge in [-0.25, -0.2) is 14.3 Å². The molecule has 1 atom stereocenters. The molecule has 1 fully saturated rings. The van der Waals surface area contributed by atoms with Gasteiger partial charge in [0.2, 0.25) is 0 Å². The van der Waals surface area contributed by atoms with Crippen LogP contribution in [-0.2, 0) is 14.6 Å². The first-order chi connectivity index (χ1) is 9.03. The predicted molar refractivity (Wildman–Crippen MR) is 71.7 cm³/mol. The lowest BCUT2D eigenvalue weighted by atomic mass is 10.0. The van der Waals surface area contributed by atoms with E-state index in [-0.39, 0.29) is 17.4 Å². The van der Waals surface area contributed by atoms with Crippen LogP contribution in [0.2, 0.25) is 0 Å². The van der Waals surface area contributed by atoms with Gasteiger partial charge in [-0.2, -0.15) is 0 Å². The fraction of sp³-hybridized carbons (Fsp3) is 0.417. The van der Waals surface area contributed by atoms with Gasteiger partial charge < -0.3 is 0 Å². The summed E-state index contributed by atoms with van der Waals surface area (Å²) in [7, 11) is -2.97. The van der Waals surface area contributed by atoms with Crippen molar-refractivity contribution in [3.8, 4) is 0 Å². The molecule has 1 aromatic carbocycles. The number of nitrogens with zero attached hydrogens (tertiary/aromatic N) is 1. The van der Waals surface area contributed by atoms with E-state index in [0.29, 0.717) is 13.1 Å². The second-order valence-corrected chi connectivity index (χ2v) is 6.81. The quantitative estimate of drug-likeness (QED) is 0.441. The topological polar surface area (TPSA) is 92.5 Å². The van der Waals surface area contributed by atoms with Gasteiger partial charge in [-0.1, -0.05) is 30.3 Å². The largest absolute Gasteiger partial charge is 0.293 e. The minimum absolute atomic E-state index is 0.0776. The summed E-state index contributed by atoms with van der Waals surface area (Å²) in [5.74, 6) is 5.05. The van der Waals surface area contributed by atoms with Crippen LogP contribution in [0.4, 0.5) is 0 Å². The molecule has 0 spiro atoms. The molecule has 1 amide bonds. The Morgan fingerprint density at radius 3 is 2.32 bits per heavy atom. The third-order valence-electron chi connectivity index (χ3n) is 3.25. The molecule has 3 N–H and O–H groups in total. The second-order valence-electron chi connectivity index (χ2n) is 4.51. The Balaban J connectivity index is 2.23. The van der Waals surface area contributed by atoms with Crippen molar-refractivity contribution in [2.75, 3.05) is 24.6 Å². The van der Waals surface area contributed by atoms with Gasteiger partial charge in [-0.05, 0) is 5.56 Å². The first-order valence-corrected chi connectivity index (χ1v) is 7.85. The number of carbonyl (C=O) groups is 1. The van der Waals surface area contributed by atoms with E-state index in [0.717, 1.165) is 5.56 Å². The molecule has 1 aliphatic rings. The Kier molecular flexibility index (Phi) is 4.18. The molecule has 19 heavy (non-hydrogen) atoms. The zero-order valence-electron chi connectivity index (χ0n) is 10.5. The number of amides is 1. The highest BCUT2D eigenvalue weighted by Crippen LogP contribution is 2.22. The molecular weight excluding hydrogens is 266 g/mol. The normalized spacial score (nSPS) is 20.7. The van der Waals surface area contributed by atoms with Gasteiger partial charge in [0.15, 0.2) is 9.84 Å². The molecule has 1 unspecified atom stereocenters. The van der Waals surface area contributed by atoms with E-state index in [1.54, 1.807) is 0 Å². The molecule has 1 aromatic rings. The molecule has 0 radical (unpaired) electrons. The summed E-state index contributed by atoms with van der Waals surface area (Å²) in [4.78, 5) is 13.8. The van der Waals surface area contributed by atoms with Crippen LogP contribution in [0.5, 0.6) is 0 Å². The SMILES string of the molecule is NNC(=O)C(c1ccccc1)N1CCS(=O)(=O)CC1. The van der Waals surface area contributed by atoms with Gasteiger partial charge in [0, 0.05) is 13.1 Å². The lowest BCUT2D eigenvalue weighted by Gasteiger charge is -2.33. The first kappa shape index (κ1) is 14.0. The molecule has 1 aliphatic heterocycles. The minimum atomic E-state index is -2.97. The monoisotopic (exact) mass is 283 g/mol. The molecule has 1 heterocycles. The Bertz CT molecular complexity index is 531. The number of nitrogens with one attached hydrogen (secondary N) is 1. The van der Waals surface area contributed by atoms with E-state index >= 15 is 0 Å². The summed E-state index contributed by atoms with van der Waals surface area (Å²) in [6.07, 6.45) is 0. The molecule has 0 aromatic heterocycles. The summed E-state index contributed by atoms with van der Waals surface area (Å²) in [5.41, 5.74) is 2.96. The Morgan fingerprint density at radius 2 is 1.79 bits per heavy atom. The first-order valence-electron chi connectivity index (χ1n) is 6.03. The van der Waals surface area contributed by atoms with E-state index in [2.05, 4.69) is 5.43 Å². The van der Waals surface area contributed by atoms with Gasteiger partial charge in [0.25, 0.3) is 5.91 Å². The fourth-order valence-electron chi connectivity index (χ4n) is 2.23. The second kappa shape index (κ2) is 5.68. The maximum absolute atomic E-state index is 11.9. The molecule has 0 saturated carbocycles. The lowest BCUT2D eigenvalue weighted by molar-refractivity contribution is -0.126. The molecule has 2 rings (SSSR count). The van der Waals surface area contributed by atoms with Crippen LogP contribution in [0, 0.1) is 0 Å². The summed E-state index contributed by atoms with van der Waals surface area (Å²) >= 11 is 0. The number of nitrogens with two attached hydrogens (primary N) is 1. The molecule has 6 nitrogen and oxygen atoms in total. The predicted octanol–water partition coefficient (Wildman–Crippen LogP) is -0.552. The van der Waals surface area contributed by atoms with Gasteiger partial charge in [-0.3, -0.25) is 15.1 Å². The van der Waals surface area contributed by atoms with Crippen molar-refractivity contribution in [3.63, 3.8) is 0 Å². The smallest absolute Gasteiger partial charge is 0.255 e. The van der Waals surface area contributed by atoms with Gasteiger partial charge in [0.05, 0.1) is 11.5 Å². The van der Waals surface area contributed by atoms with E-state index in [9.17, 15) is 13.2 Å². The molecule has 0 aliphatic carbocycles. The van der Waals surface area contributed by atoms with Crippen molar-refractivity contribution in [2.24, 2.45) is 5.84 Å². The van der Waals surface area contributed by atoms with Crippen molar-refractivity contribution in [1.29, 1.82) is 0 Å². The average Bonchev–Trinajstić information content (AvgIpc) is 2.42. The number of hydrogen-bond donors (Lipinski definition) is 2. The molecular formula is C12H17N3O3S. The number of hydrazine groups is 1. The Hall–Kier alpha value is -1.44. The van der Waals surface area contributed by atoms with E-state index < -0.39 is 15.9 Å². The van der Waals surface area contributed by atoms with Crippen molar-refractivity contribution in [2.45, 2.75) is 6.04 Å². The van der Waals surface area contributed by atoms with Crippen LogP contribution in [0.15, 0.2) is 30.3 Å². The number of rotatable bonds is 3. The van der Waals surface area contributed by atoms with Crippen molar-refractivity contribution in [3.05, 3.63) is 35.9 Å². The lowest BCUT2D eigenvalue weighted by Crippen LogP contribution is -2.48. The summed E-state index contributed by atoms with van der Waals surface area (Å²) in [6, 6.07) is 8.68. The summed E-state index contributed by atoms with van der Waals surface area (Å²) in [5, 5.41) is 0. The average molecular weight is 283 g/mol. The van der Waals surface area contributed by atoms with Gasteiger partial charge in [0.1, 0.15) is 6.04 Å². The van der Waals surface area contributed by atoms with E-state index in [1.807, 2.05) is 35.2 Å². The number of sulfone groups is 1. The molecule has 1 saturated heterocycles. The van der Waals surface area contributed by atoms with Crippen LogP contribution in [0.1, 0.15) is 11.6 Å². The minimum Gasteiger partial charge on any atom is -0.293 e. The van der Waals surface area contributed by atoms with Crippen molar-refractivity contribution in [1.82, 2.24) is 10.3 Å². The molecule has 7 heteroatoms. The van der Waals surface area contributed by atoms with E-state index in [1.165, 1.54) is 0 Å². The van der Waals surface area contributed by atoms with Crippen LogP contribution >= 0.6 is 0 Å². The van der Waals surface area contributed by atoms with E-state index in [4.69, 9.17) is 5.84 Å². The third kappa shape index (κ3) is 3.31. The third-order valence-corrected chi connectivity index (χ3v) is 4.86. The molecule has 104 valence electrons. The number of benzene rings is 1. The fourth-order valence-corrected chi connectivity index (χ4v) is 3.46. The highest BCUT2D eigenvalue weighted by molar-refractivity contribution is 7.91. The van der Waals surface area contributed by atoms with Crippen LogP contribution in [0.3, 0.4) is 0 Å². The van der Waals surface area contributed by atoms with Crippen LogP contribution in [0.25, 0.3) is 0 Å². The summed E-state index contributed by atoms with van der Waals surface area (Å²) < 4.78 is 22.9. The highest BCUT2D eigenvalue weighted by Gasteiger charge is 2.31. The summed E-state index contributed by atoms with van der Waals surface area (Å²) in [6.45, 7) is 0.685. The maximum atomic E-state index is 11.9. The standard InChI is InChI=1S/C12H17N3O3S/c13-14-12(16)11(10-4-2-1-3-5-10)15-6-8-19(17,18)9-7-15/h1-5,11H,6-9,13H2,(H,14,16). The highest BCUT2D eigenvalue weighted by atomic mass is 32.2. The molecule has 0 bridgehead atoms. The van der Waals surface area contributed by atoms with Crippen molar-refractivity contribution < 1.29 is 13.2 Å². The Labute approximate surface area is 112 Å². The van der Waals surface area contributed by atoms with Gasteiger partial charge in [-0.15, -0.1) is 0 Å².